The molecule has 0 atom stereocenters. The minimum absolute atomic E-state index is 0.362. The molecule has 1 amide bonds. The van der Waals surface area contributed by atoms with Gasteiger partial charge in [0.15, 0.2) is 5.82 Å². The van der Waals surface area contributed by atoms with E-state index >= 15 is 0 Å². The van der Waals surface area contributed by atoms with Gasteiger partial charge in [-0.05, 0) is 31.7 Å². The Morgan fingerprint density at radius 3 is 2.92 bits per heavy atom. The zero-order chi connectivity index (χ0) is 17.1. The van der Waals surface area contributed by atoms with Crippen LogP contribution in [0.4, 0.5) is 5.82 Å². The van der Waals surface area contributed by atoms with Crippen LogP contribution in [0, 0.1) is 24.2 Å². The average molecular weight is 326 g/mol. The van der Waals surface area contributed by atoms with Crippen molar-refractivity contribution in [2.75, 3.05) is 12.0 Å². The van der Waals surface area contributed by atoms with Gasteiger partial charge in [-0.3, -0.25) is 20.3 Å². The molecule has 0 aromatic carbocycles. The van der Waals surface area contributed by atoms with Gasteiger partial charge < -0.3 is 4.74 Å². The Bertz CT molecular complexity index is 786. The van der Waals surface area contributed by atoms with Gasteiger partial charge in [0.25, 0.3) is 5.91 Å². The fourth-order valence-electron chi connectivity index (χ4n) is 2.21. The molecule has 2 aromatic rings. The molecule has 24 heavy (non-hydrogen) atoms. The summed E-state index contributed by atoms with van der Waals surface area (Å²) in [6, 6.07) is 5.38. The Morgan fingerprint density at radius 2 is 2.29 bits per heavy atom. The van der Waals surface area contributed by atoms with Crippen molar-refractivity contribution in [2.24, 2.45) is 13.0 Å². The van der Waals surface area contributed by atoms with Gasteiger partial charge in [-0.1, -0.05) is 0 Å². The van der Waals surface area contributed by atoms with Gasteiger partial charge in [-0.25, -0.2) is 4.98 Å². The Kier molecular flexibility index (Phi) is 4.33. The molecule has 0 aliphatic heterocycles. The number of hydrazine groups is 1. The van der Waals surface area contributed by atoms with Gasteiger partial charge in [0.1, 0.15) is 11.6 Å². The Hall–Kier alpha value is -3.08. The second kappa shape index (κ2) is 6.58. The summed E-state index contributed by atoms with van der Waals surface area (Å²) in [4.78, 5) is 16.3. The topological polar surface area (TPSA) is 105 Å². The molecule has 0 radical (unpaired) electrons. The van der Waals surface area contributed by atoms with Crippen molar-refractivity contribution in [3.8, 4) is 11.9 Å². The first-order valence-corrected chi connectivity index (χ1v) is 7.67. The van der Waals surface area contributed by atoms with E-state index in [0.29, 0.717) is 41.0 Å². The lowest BCUT2D eigenvalue weighted by Gasteiger charge is -2.09. The van der Waals surface area contributed by atoms with Crippen LogP contribution in [0.25, 0.3) is 0 Å². The molecule has 0 bridgehead atoms. The first-order chi connectivity index (χ1) is 11.6. The molecule has 1 fully saturated rings. The summed E-state index contributed by atoms with van der Waals surface area (Å²) in [5.74, 6) is 1.23. The number of nitrogens with zero attached hydrogens (tertiary/aromatic N) is 4. The molecule has 2 heterocycles. The SMILES string of the molecule is Cc1nn(C)c(NNC(=O)c2ccc(OCC3CC3)nc2)c1C#N. The molecule has 8 nitrogen and oxygen atoms in total. The normalized spacial score (nSPS) is 13.2. The average Bonchev–Trinajstić information content (AvgIpc) is 3.36. The van der Waals surface area contributed by atoms with Crippen LogP contribution in [-0.4, -0.2) is 27.3 Å². The lowest BCUT2D eigenvalue weighted by Crippen LogP contribution is -2.30. The van der Waals surface area contributed by atoms with E-state index in [-0.39, 0.29) is 5.91 Å². The molecule has 3 rings (SSSR count). The van der Waals surface area contributed by atoms with E-state index in [1.54, 1.807) is 26.1 Å². The number of aromatic nitrogens is 3. The molecule has 1 aliphatic carbocycles. The number of hydrogen-bond acceptors (Lipinski definition) is 6. The number of nitriles is 1. The third-order valence-corrected chi connectivity index (χ3v) is 3.79. The number of hydrogen-bond donors (Lipinski definition) is 2. The zero-order valence-electron chi connectivity index (χ0n) is 13.5. The van der Waals surface area contributed by atoms with Crippen molar-refractivity contribution >= 4 is 11.7 Å². The molecule has 0 unspecified atom stereocenters. The van der Waals surface area contributed by atoms with Crippen molar-refractivity contribution in [3.05, 3.63) is 35.2 Å². The molecule has 0 saturated heterocycles. The number of aryl methyl sites for hydroxylation is 2. The van der Waals surface area contributed by atoms with E-state index in [4.69, 9.17) is 10.00 Å². The van der Waals surface area contributed by atoms with Crippen LogP contribution in [0.5, 0.6) is 5.88 Å². The van der Waals surface area contributed by atoms with Gasteiger partial charge >= 0.3 is 0 Å². The van der Waals surface area contributed by atoms with Crippen molar-refractivity contribution < 1.29 is 9.53 Å². The first kappa shape index (κ1) is 15.8. The molecule has 1 saturated carbocycles. The molecule has 1 aliphatic rings. The Morgan fingerprint density at radius 1 is 1.50 bits per heavy atom. The van der Waals surface area contributed by atoms with Crippen LogP contribution >= 0.6 is 0 Å². The van der Waals surface area contributed by atoms with Crippen LogP contribution < -0.4 is 15.6 Å². The lowest BCUT2D eigenvalue weighted by atomic mass is 10.2. The van der Waals surface area contributed by atoms with Crippen LogP contribution in [0.1, 0.15) is 34.5 Å². The van der Waals surface area contributed by atoms with Crippen molar-refractivity contribution in [1.29, 1.82) is 5.26 Å². The Balaban J connectivity index is 1.59. The number of rotatable bonds is 6. The van der Waals surface area contributed by atoms with E-state index < -0.39 is 0 Å². The van der Waals surface area contributed by atoms with Crippen molar-refractivity contribution in [3.63, 3.8) is 0 Å². The third-order valence-electron chi connectivity index (χ3n) is 3.79. The Labute approximate surface area is 139 Å². The van der Waals surface area contributed by atoms with E-state index in [9.17, 15) is 4.79 Å². The van der Waals surface area contributed by atoms with Crippen molar-refractivity contribution in [2.45, 2.75) is 19.8 Å². The maximum absolute atomic E-state index is 12.2. The highest BCUT2D eigenvalue weighted by atomic mass is 16.5. The van der Waals surface area contributed by atoms with Crippen LogP contribution in [0.3, 0.4) is 0 Å². The number of pyridine rings is 1. The first-order valence-electron chi connectivity index (χ1n) is 7.67. The second-order valence-electron chi connectivity index (χ2n) is 5.76. The molecule has 2 N–H and O–H groups in total. The monoisotopic (exact) mass is 326 g/mol. The summed E-state index contributed by atoms with van der Waals surface area (Å²) < 4.78 is 7.04. The van der Waals surface area contributed by atoms with Gasteiger partial charge in [-0.2, -0.15) is 10.4 Å². The van der Waals surface area contributed by atoms with Crippen LogP contribution in [0.15, 0.2) is 18.3 Å². The van der Waals surface area contributed by atoms with Gasteiger partial charge in [-0.15, -0.1) is 0 Å². The van der Waals surface area contributed by atoms with E-state index in [0.717, 1.165) is 0 Å². The molecular weight excluding hydrogens is 308 g/mol. The smallest absolute Gasteiger partial charge is 0.271 e. The quantitative estimate of drug-likeness (QED) is 0.780. The summed E-state index contributed by atoms with van der Waals surface area (Å²) in [5, 5.41) is 13.3. The van der Waals surface area contributed by atoms with Gasteiger partial charge in [0.2, 0.25) is 5.88 Å². The summed E-state index contributed by atoms with van der Waals surface area (Å²) in [5.41, 5.74) is 6.65. The number of anilines is 1. The largest absolute Gasteiger partial charge is 0.477 e. The maximum atomic E-state index is 12.2. The minimum atomic E-state index is -0.362. The minimum Gasteiger partial charge on any atom is -0.477 e. The summed E-state index contributed by atoms with van der Waals surface area (Å²) >= 11 is 0. The molecule has 124 valence electrons. The maximum Gasteiger partial charge on any atom is 0.271 e. The lowest BCUT2D eigenvalue weighted by molar-refractivity contribution is 0.0962. The zero-order valence-corrected chi connectivity index (χ0v) is 13.5. The molecule has 8 heteroatoms. The predicted octanol–water partition coefficient (Wildman–Crippen LogP) is 1.54. The molecular formula is C16H18N6O2. The standard InChI is InChI=1S/C16H18N6O2/c1-10-13(7-17)15(22(2)21-10)19-20-16(23)12-5-6-14(18-8-12)24-9-11-3-4-11/h5-6,8,11,19H,3-4,9H2,1-2H3,(H,20,23). The van der Waals surface area contributed by atoms with E-state index in [1.807, 2.05) is 0 Å². The molecule has 2 aromatic heterocycles. The highest BCUT2D eigenvalue weighted by molar-refractivity contribution is 5.94. The van der Waals surface area contributed by atoms with Crippen molar-refractivity contribution in [1.82, 2.24) is 20.2 Å². The van der Waals surface area contributed by atoms with Gasteiger partial charge in [0.05, 0.1) is 17.9 Å². The second-order valence-corrected chi connectivity index (χ2v) is 5.76. The van der Waals surface area contributed by atoms with Crippen LogP contribution in [-0.2, 0) is 7.05 Å². The number of amides is 1. The highest BCUT2D eigenvalue weighted by Gasteiger charge is 2.22. The summed E-state index contributed by atoms with van der Waals surface area (Å²) in [6.45, 7) is 2.41. The van der Waals surface area contributed by atoms with E-state index in [1.165, 1.54) is 23.7 Å². The number of carbonyl (C=O) groups is 1. The fraction of sp³-hybridized carbons (Fsp3) is 0.375. The number of carbonyl (C=O) groups excluding carboxylic acids is 1. The van der Waals surface area contributed by atoms with E-state index in [2.05, 4.69) is 27.0 Å². The summed E-state index contributed by atoms with van der Waals surface area (Å²) in [6.07, 6.45) is 3.88. The number of nitrogens with one attached hydrogen (secondary N) is 2. The van der Waals surface area contributed by atoms with Gasteiger partial charge in [0, 0.05) is 19.3 Å². The predicted molar refractivity (Wildman–Crippen MR) is 86.2 cm³/mol. The molecule has 0 spiro atoms. The number of ether oxygens (including phenoxy) is 1. The van der Waals surface area contributed by atoms with Crippen LogP contribution in [0.2, 0.25) is 0 Å². The highest BCUT2D eigenvalue weighted by Crippen LogP contribution is 2.29. The summed E-state index contributed by atoms with van der Waals surface area (Å²) in [7, 11) is 1.69. The fourth-order valence-corrected chi connectivity index (χ4v) is 2.21. The third kappa shape index (κ3) is 3.46.